The fraction of sp³-hybridized carbons (Fsp3) is 0.0625. The lowest BCUT2D eigenvalue weighted by molar-refractivity contribution is -0.670. The predicted molar refractivity (Wildman–Crippen MR) is 77.2 cm³/mol. The van der Waals surface area contributed by atoms with Gasteiger partial charge >= 0.3 is 5.88 Å². The summed E-state index contributed by atoms with van der Waals surface area (Å²) in [6.45, 7) is 0. The van der Waals surface area contributed by atoms with Gasteiger partial charge in [0.25, 0.3) is 11.9 Å². The molecular formula is C16H13N3O3. The van der Waals surface area contributed by atoms with Crippen molar-refractivity contribution in [3.8, 4) is 11.4 Å². The van der Waals surface area contributed by atoms with Crippen LogP contribution in [0.15, 0.2) is 70.3 Å². The maximum atomic E-state index is 12.0. The van der Waals surface area contributed by atoms with Crippen molar-refractivity contribution >= 4 is 11.8 Å². The van der Waals surface area contributed by atoms with E-state index >= 15 is 0 Å². The molecule has 22 heavy (non-hydrogen) atoms. The van der Waals surface area contributed by atoms with Crippen molar-refractivity contribution in [2.45, 2.75) is 0 Å². The normalized spacial score (nSPS) is 11.4. The fourth-order valence-corrected chi connectivity index (χ4v) is 1.96. The van der Waals surface area contributed by atoms with E-state index in [0.29, 0.717) is 17.0 Å². The molecule has 6 heteroatoms. The zero-order valence-corrected chi connectivity index (χ0v) is 11.8. The SMILES string of the molecule is COc1ccccc1-[n+]1cc(/N=C(\[O-])c2ccccc2)on1. The highest BCUT2D eigenvalue weighted by atomic mass is 16.5. The van der Waals surface area contributed by atoms with Crippen LogP contribution >= 0.6 is 0 Å². The smallest absolute Gasteiger partial charge is 0.321 e. The lowest BCUT2D eigenvalue weighted by Gasteiger charge is -2.07. The van der Waals surface area contributed by atoms with E-state index in [1.54, 1.807) is 31.4 Å². The van der Waals surface area contributed by atoms with Crippen LogP contribution in [-0.4, -0.2) is 18.3 Å². The third-order valence-electron chi connectivity index (χ3n) is 3.02. The number of ether oxygens (including phenoxy) is 1. The summed E-state index contributed by atoms with van der Waals surface area (Å²) in [5.41, 5.74) is 1.19. The van der Waals surface area contributed by atoms with Gasteiger partial charge < -0.3 is 9.84 Å². The minimum atomic E-state index is -0.385. The number of para-hydroxylation sites is 2. The van der Waals surface area contributed by atoms with Crippen LogP contribution in [-0.2, 0) is 0 Å². The summed E-state index contributed by atoms with van der Waals surface area (Å²) in [6, 6.07) is 16.1. The van der Waals surface area contributed by atoms with Crippen LogP contribution in [0.4, 0.5) is 5.88 Å². The topological polar surface area (TPSA) is 74.6 Å². The van der Waals surface area contributed by atoms with E-state index in [9.17, 15) is 5.11 Å². The summed E-state index contributed by atoms with van der Waals surface area (Å²) >= 11 is 0. The molecule has 0 aliphatic rings. The Morgan fingerprint density at radius 2 is 1.86 bits per heavy atom. The summed E-state index contributed by atoms with van der Waals surface area (Å²) in [6.07, 6.45) is 1.53. The summed E-state index contributed by atoms with van der Waals surface area (Å²) < 4.78 is 11.8. The van der Waals surface area contributed by atoms with E-state index in [2.05, 4.69) is 10.3 Å². The molecule has 0 aliphatic carbocycles. The molecular weight excluding hydrogens is 282 g/mol. The maximum absolute atomic E-state index is 12.0. The van der Waals surface area contributed by atoms with E-state index in [1.165, 1.54) is 10.9 Å². The highest BCUT2D eigenvalue weighted by Crippen LogP contribution is 2.18. The van der Waals surface area contributed by atoms with Crippen LogP contribution in [0.25, 0.3) is 5.69 Å². The zero-order chi connectivity index (χ0) is 15.4. The molecule has 0 saturated carbocycles. The van der Waals surface area contributed by atoms with Crippen LogP contribution in [0.1, 0.15) is 5.56 Å². The number of hydrogen-bond donors (Lipinski definition) is 0. The second kappa shape index (κ2) is 6.09. The number of benzene rings is 2. The van der Waals surface area contributed by atoms with Crippen molar-refractivity contribution in [3.05, 3.63) is 66.4 Å². The van der Waals surface area contributed by atoms with Gasteiger partial charge in [-0.2, -0.15) is 0 Å². The molecule has 1 heterocycles. The van der Waals surface area contributed by atoms with Gasteiger partial charge in [0, 0.05) is 6.07 Å². The molecule has 0 spiro atoms. The Hall–Kier alpha value is -3.15. The van der Waals surface area contributed by atoms with Crippen LogP contribution < -0.4 is 14.5 Å². The second-order valence-corrected chi connectivity index (χ2v) is 4.44. The largest absolute Gasteiger partial charge is 0.858 e. The number of nitrogens with zero attached hydrogens (tertiary/aromatic N) is 3. The molecule has 0 N–H and O–H groups in total. The van der Waals surface area contributed by atoms with Gasteiger partial charge in [0.1, 0.15) is 0 Å². The minimum Gasteiger partial charge on any atom is -0.858 e. The first-order valence-corrected chi connectivity index (χ1v) is 6.61. The summed E-state index contributed by atoms with van der Waals surface area (Å²) in [4.78, 5) is 3.90. The maximum Gasteiger partial charge on any atom is 0.321 e. The molecule has 6 nitrogen and oxygen atoms in total. The van der Waals surface area contributed by atoms with Gasteiger partial charge in [-0.25, -0.2) is 4.99 Å². The van der Waals surface area contributed by atoms with Gasteiger partial charge in [0.05, 0.1) is 7.11 Å². The standard InChI is InChI=1S/C16H13N3O3/c1-21-14-10-6-5-9-13(14)19-11-15(22-18-19)17-16(20)12-7-3-2-4-8-12/h2-11H,1H3. The van der Waals surface area contributed by atoms with Crippen LogP contribution in [0.5, 0.6) is 5.75 Å². The van der Waals surface area contributed by atoms with Crippen molar-refractivity contribution in [1.29, 1.82) is 0 Å². The minimum absolute atomic E-state index is 0.125. The third-order valence-corrected chi connectivity index (χ3v) is 3.02. The molecule has 3 rings (SSSR count). The summed E-state index contributed by atoms with van der Waals surface area (Å²) in [7, 11) is 1.57. The first kappa shape index (κ1) is 13.8. The number of rotatable bonds is 4. The van der Waals surface area contributed by atoms with Crippen molar-refractivity contribution in [2.24, 2.45) is 4.99 Å². The average molecular weight is 295 g/mol. The Kier molecular flexibility index (Phi) is 3.82. The van der Waals surface area contributed by atoms with E-state index < -0.39 is 0 Å². The Bertz CT molecular complexity index is 797. The van der Waals surface area contributed by atoms with Crippen LogP contribution in [0.3, 0.4) is 0 Å². The number of aliphatic imine (C=N–C) groups is 1. The summed E-state index contributed by atoms with van der Waals surface area (Å²) in [5.74, 6) is 0.380. The lowest BCUT2D eigenvalue weighted by Crippen LogP contribution is -2.31. The second-order valence-electron chi connectivity index (χ2n) is 4.44. The lowest BCUT2D eigenvalue weighted by atomic mass is 10.2. The molecule has 110 valence electrons. The molecule has 0 bridgehead atoms. The molecule has 0 saturated heterocycles. The molecule has 1 aromatic heterocycles. The first-order valence-electron chi connectivity index (χ1n) is 6.61. The Morgan fingerprint density at radius 3 is 2.64 bits per heavy atom. The number of aromatic nitrogens is 2. The third kappa shape index (κ3) is 2.80. The molecule has 0 radical (unpaired) electrons. The molecule has 0 unspecified atom stereocenters. The highest BCUT2D eigenvalue weighted by Gasteiger charge is 2.18. The van der Waals surface area contributed by atoms with Gasteiger partial charge in [-0.1, -0.05) is 42.5 Å². The fourth-order valence-electron chi connectivity index (χ4n) is 1.96. The van der Waals surface area contributed by atoms with Crippen LogP contribution in [0.2, 0.25) is 0 Å². The quantitative estimate of drug-likeness (QED) is 0.414. The molecule has 0 fully saturated rings. The Morgan fingerprint density at radius 1 is 1.14 bits per heavy atom. The predicted octanol–water partition coefficient (Wildman–Crippen LogP) is 1.40. The number of hydrogen-bond acceptors (Lipinski definition) is 5. The van der Waals surface area contributed by atoms with Crippen molar-refractivity contribution in [1.82, 2.24) is 5.27 Å². The van der Waals surface area contributed by atoms with E-state index in [0.717, 1.165) is 0 Å². The molecule has 0 aliphatic heterocycles. The van der Waals surface area contributed by atoms with E-state index in [-0.39, 0.29) is 11.8 Å². The monoisotopic (exact) mass is 295 g/mol. The van der Waals surface area contributed by atoms with E-state index in [4.69, 9.17) is 9.26 Å². The van der Waals surface area contributed by atoms with Gasteiger partial charge in [-0.3, -0.25) is 4.52 Å². The average Bonchev–Trinajstić information content (AvgIpc) is 3.04. The summed E-state index contributed by atoms with van der Waals surface area (Å²) in [5, 5.41) is 15.9. The number of methoxy groups -OCH3 is 1. The molecule has 0 amide bonds. The van der Waals surface area contributed by atoms with Crippen molar-refractivity contribution in [3.63, 3.8) is 0 Å². The van der Waals surface area contributed by atoms with Crippen molar-refractivity contribution < 1.29 is 19.0 Å². The van der Waals surface area contributed by atoms with Gasteiger partial charge in [0.2, 0.25) is 5.27 Å². The van der Waals surface area contributed by atoms with Gasteiger partial charge in [0.15, 0.2) is 5.75 Å². The van der Waals surface area contributed by atoms with E-state index in [1.807, 2.05) is 30.3 Å². The Balaban J connectivity index is 1.91. The zero-order valence-electron chi connectivity index (χ0n) is 11.8. The molecule has 3 aromatic rings. The highest BCUT2D eigenvalue weighted by molar-refractivity contribution is 5.91. The van der Waals surface area contributed by atoms with Gasteiger partial charge in [-0.05, 0) is 22.2 Å². The first-order chi connectivity index (χ1) is 10.8. The molecule has 2 aromatic carbocycles. The van der Waals surface area contributed by atoms with Crippen LogP contribution in [0, 0.1) is 0 Å². The van der Waals surface area contributed by atoms with Crippen molar-refractivity contribution in [2.75, 3.05) is 7.11 Å². The van der Waals surface area contributed by atoms with Gasteiger partial charge in [-0.15, -0.1) is 0 Å². The molecule has 0 atom stereocenters. The Labute approximate surface area is 126 Å².